The van der Waals surface area contributed by atoms with Gasteiger partial charge in [0.2, 0.25) is 0 Å². The summed E-state index contributed by atoms with van der Waals surface area (Å²) in [6.07, 6.45) is 85.3. The summed E-state index contributed by atoms with van der Waals surface area (Å²) in [7, 11) is 0. The van der Waals surface area contributed by atoms with Gasteiger partial charge in [0.15, 0.2) is 6.10 Å². The van der Waals surface area contributed by atoms with Gasteiger partial charge in [-0.05, 0) is 128 Å². The van der Waals surface area contributed by atoms with Crippen molar-refractivity contribution < 1.29 is 23.8 Å². The lowest BCUT2D eigenvalue weighted by Crippen LogP contribution is -2.30. The molecule has 0 rings (SSSR count). The molecule has 0 N–H and O–H groups in total. The molecule has 1 unspecified atom stereocenters. The molecule has 0 fully saturated rings. The van der Waals surface area contributed by atoms with Gasteiger partial charge in [0.05, 0.1) is 13.2 Å². The Morgan fingerprint density at radius 3 is 1.03 bits per heavy atom. The zero-order valence-corrected chi connectivity index (χ0v) is 43.3. The highest BCUT2D eigenvalue weighted by atomic mass is 16.6. The van der Waals surface area contributed by atoms with Crippen LogP contribution in [0, 0.1) is 0 Å². The van der Waals surface area contributed by atoms with E-state index in [1.165, 1.54) is 19.3 Å². The van der Waals surface area contributed by atoms with Crippen molar-refractivity contribution in [1.29, 1.82) is 0 Å². The molecule has 0 heterocycles. The quantitative estimate of drug-likeness (QED) is 0.0346. The highest BCUT2D eigenvalue weighted by Gasteiger charge is 2.17. The monoisotopic (exact) mass is 933 g/mol. The SMILES string of the molecule is CC/C=C\C/C=C\C/C=C\C/C=C\C/C=C\CCCC(=O)OC(COCC/C=C\C/C=C\C/C=C\C/C=C\C/C=C\CC)COC(=O)CCCCCCCC/C=C\C/C=C\C/C=C\C/C=C\CC. The molecule has 0 aliphatic carbocycles. The molecular formula is C63H96O5. The molecule has 0 radical (unpaired) electrons. The van der Waals surface area contributed by atoms with Crippen LogP contribution < -0.4 is 0 Å². The van der Waals surface area contributed by atoms with Crippen LogP contribution in [0.5, 0.6) is 0 Å². The van der Waals surface area contributed by atoms with E-state index in [1.807, 2.05) is 0 Å². The number of hydrogen-bond acceptors (Lipinski definition) is 5. The Hall–Kier alpha value is -4.74. The molecule has 68 heavy (non-hydrogen) atoms. The summed E-state index contributed by atoms with van der Waals surface area (Å²) in [6.45, 7) is 7.17. The Labute approximate surface area is 417 Å². The average Bonchev–Trinajstić information content (AvgIpc) is 3.34. The maximum atomic E-state index is 12.8. The van der Waals surface area contributed by atoms with Gasteiger partial charge in [0.1, 0.15) is 6.61 Å². The van der Waals surface area contributed by atoms with E-state index in [1.54, 1.807) is 0 Å². The van der Waals surface area contributed by atoms with Crippen LogP contribution in [0.15, 0.2) is 170 Å². The maximum Gasteiger partial charge on any atom is 0.306 e. The number of carbonyl (C=O) groups excluding carboxylic acids is 2. The summed E-state index contributed by atoms with van der Waals surface area (Å²) in [5, 5.41) is 0. The van der Waals surface area contributed by atoms with Gasteiger partial charge in [-0.1, -0.05) is 217 Å². The Morgan fingerprint density at radius 1 is 0.324 bits per heavy atom. The zero-order valence-electron chi connectivity index (χ0n) is 43.3. The first kappa shape index (κ1) is 63.3. The molecule has 5 nitrogen and oxygen atoms in total. The van der Waals surface area contributed by atoms with Crippen molar-refractivity contribution in [3.05, 3.63) is 170 Å². The third kappa shape index (κ3) is 53.9. The van der Waals surface area contributed by atoms with Gasteiger partial charge < -0.3 is 14.2 Å². The first-order valence-electron chi connectivity index (χ1n) is 26.7. The first-order valence-corrected chi connectivity index (χ1v) is 26.7. The van der Waals surface area contributed by atoms with Crippen LogP contribution in [0.1, 0.15) is 188 Å². The minimum Gasteiger partial charge on any atom is -0.462 e. The average molecular weight is 933 g/mol. The summed E-state index contributed by atoms with van der Waals surface area (Å²) in [6, 6.07) is 0. The Balaban J connectivity index is 4.54. The van der Waals surface area contributed by atoms with E-state index in [0.29, 0.717) is 25.9 Å². The standard InChI is InChI=1S/C63H96O5/c1-4-7-10-13-16-19-22-25-28-31-32-34-35-38-41-44-47-50-53-56-62(64)67-60-61(59-66-58-55-52-49-46-43-40-37-30-27-24-21-18-15-12-9-6-3)68-63(65)57-54-51-48-45-42-39-36-33-29-26-23-20-17-14-11-8-5-2/h7-12,16-21,25-30,32,34,36,39-40,43,45,48-49,52,61H,4-6,13-15,22-24,31,33,35,37-38,41-42,44,46-47,50-51,53-60H2,1-3H3/b10-7-,11-8-,12-9-,19-16-,20-17-,21-18-,28-25-,29-26-,30-27-,34-32-,39-36-,43-40-,48-45-,52-49-. The third-order valence-electron chi connectivity index (χ3n) is 10.2. The highest BCUT2D eigenvalue weighted by Crippen LogP contribution is 2.11. The molecule has 1 atom stereocenters. The van der Waals surface area contributed by atoms with Crippen molar-refractivity contribution >= 4 is 11.9 Å². The second kappa shape index (κ2) is 56.6. The van der Waals surface area contributed by atoms with Crippen LogP contribution in [-0.2, 0) is 23.8 Å². The van der Waals surface area contributed by atoms with Crippen molar-refractivity contribution in [1.82, 2.24) is 0 Å². The van der Waals surface area contributed by atoms with Crippen molar-refractivity contribution in [2.75, 3.05) is 19.8 Å². The Bertz CT molecular complexity index is 1570. The molecule has 0 saturated heterocycles. The smallest absolute Gasteiger partial charge is 0.306 e. The normalized spacial score (nSPS) is 13.6. The second-order valence-corrected chi connectivity index (χ2v) is 16.6. The van der Waals surface area contributed by atoms with Gasteiger partial charge in [-0.3, -0.25) is 9.59 Å². The number of carbonyl (C=O) groups is 2. The molecule has 0 aromatic carbocycles. The number of hydrogen-bond donors (Lipinski definition) is 0. The van der Waals surface area contributed by atoms with E-state index in [2.05, 4.69) is 191 Å². The van der Waals surface area contributed by atoms with E-state index in [9.17, 15) is 9.59 Å². The fourth-order valence-corrected chi connectivity index (χ4v) is 6.42. The highest BCUT2D eigenvalue weighted by molar-refractivity contribution is 5.70. The molecule has 5 heteroatoms. The lowest BCUT2D eigenvalue weighted by Gasteiger charge is -2.18. The minimum atomic E-state index is -0.626. The second-order valence-electron chi connectivity index (χ2n) is 16.6. The topological polar surface area (TPSA) is 61.8 Å². The van der Waals surface area contributed by atoms with Gasteiger partial charge in [0, 0.05) is 12.8 Å². The lowest BCUT2D eigenvalue weighted by molar-refractivity contribution is -0.162. The van der Waals surface area contributed by atoms with Crippen LogP contribution in [0.3, 0.4) is 0 Å². The number of esters is 2. The molecule has 0 aromatic rings. The van der Waals surface area contributed by atoms with Crippen molar-refractivity contribution in [2.24, 2.45) is 0 Å². The van der Waals surface area contributed by atoms with Gasteiger partial charge in [-0.25, -0.2) is 0 Å². The summed E-state index contributed by atoms with van der Waals surface area (Å²) in [5.74, 6) is -0.538. The van der Waals surface area contributed by atoms with Crippen LogP contribution >= 0.6 is 0 Å². The summed E-state index contributed by atoms with van der Waals surface area (Å²) in [5.41, 5.74) is 0. The molecule has 0 spiro atoms. The van der Waals surface area contributed by atoms with Gasteiger partial charge in [-0.2, -0.15) is 0 Å². The van der Waals surface area contributed by atoms with Gasteiger partial charge in [0.25, 0.3) is 0 Å². The molecule has 0 aliphatic rings. The van der Waals surface area contributed by atoms with Crippen LogP contribution in [-0.4, -0.2) is 37.9 Å². The van der Waals surface area contributed by atoms with Crippen molar-refractivity contribution in [3.63, 3.8) is 0 Å². The van der Waals surface area contributed by atoms with E-state index >= 15 is 0 Å². The minimum absolute atomic E-state index is 0.0122. The number of unbranched alkanes of at least 4 members (excludes halogenated alkanes) is 7. The van der Waals surface area contributed by atoms with Gasteiger partial charge >= 0.3 is 11.9 Å². The van der Waals surface area contributed by atoms with E-state index < -0.39 is 6.10 Å². The number of allylic oxidation sites excluding steroid dienone is 27. The molecule has 0 aliphatic heterocycles. The molecule has 0 amide bonds. The molecule has 0 saturated carbocycles. The van der Waals surface area contributed by atoms with Crippen molar-refractivity contribution in [2.45, 2.75) is 194 Å². The Morgan fingerprint density at radius 2 is 0.632 bits per heavy atom. The summed E-state index contributed by atoms with van der Waals surface area (Å²) in [4.78, 5) is 25.4. The number of rotatable bonds is 46. The molecule has 378 valence electrons. The van der Waals surface area contributed by atoms with E-state index in [4.69, 9.17) is 14.2 Å². The van der Waals surface area contributed by atoms with E-state index in [-0.39, 0.29) is 25.2 Å². The Kier molecular flexibility index (Phi) is 52.6. The molecular weight excluding hydrogens is 837 g/mol. The van der Waals surface area contributed by atoms with Crippen LogP contribution in [0.2, 0.25) is 0 Å². The number of ether oxygens (including phenoxy) is 3. The lowest BCUT2D eigenvalue weighted by atomic mass is 10.1. The maximum absolute atomic E-state index is 12.8. The molecule has 0 aromatic heterocycles. The summed E-state index contributed by atoms with van der Waals surface area (Å²) >= 11 is 0. The third-order valence-corrected chi connectivity index (χ3v) is 10.2. The summed E-state index contributed by atoms with van der Waals surface area (Å²) < 4.78 is 17.3. The largest absolute Gasteiger partial charge is 0.462 e. The van der Waals surface area contributed by atoms with Crippen molar-refractivity contribution in [3.8, 4) is 0 Å². The predicted molar refractivity (Wildman–Crippen MR) is 297 cm³/mol. The van der Waals surface area contributed by atoms with Crippen LogP contribution in [0.25, 0.3) is 0 Å². The fraction of sp³-hybridized carbons (Fsp3) is 0.524. The fourth-order valence-electron chi connectivity index (χ4n) is 6.42. The first-order chi connectivity index (χ1) is 33.6. The van der Waals surface area contributed by atoms with Crippen LogP contribution in [0.4, 0.5) is 0 Å². The van der Waals surface area contributed by atoms with Gasteiger partial charge in [-0.15, -0.1) is 0 Å². The zero-order chi connectivity index (χ0) is 49.2. The predicted octanol–water partition coefficient (Wildman–Crippen LogP) is 18.4. The molecule has 0 bridgehead atoms. The van der Waals surface area contributed by atoms with E-state index in [0.717, 1.165) is 128 Å².